The number of aromatic nitrogens is 4. The Morgan fingerprint density at radius 3 is 2.53 bits per heavy atom. The van der Waals surface area contributed by atoms with Crippen LogP contribution in [0.3, 0.4) is 0 Å². The Balaban J connectivity index is 1.07. The zero-order chi connectivity index (χ0) is 34.4. The molecule has 6 rings (SSSR count). The van der Waals surface area contributed by atoms with Crippen LogP contribution in [0.2, 0.25) is 0 Å². The number of carbonyl (C=O) groups excluding carboxylic acids is 2. The Bertz CT molecular complexity index is 2090. The highest BCUT2D eigenvalue weighted by atomic mass is 32.2. The lowest BCUT2D eigenvalue weighted by atomic mass is 10.0. The highest BCUT2D eigenvalue weighted by molar-refractivity contribution is 7.90. The number of piperidine rings is 1. The molecule has 0 unspecified atom stereocenters. The number of fused-ring (bicyclic) bond motifs is 1. The van der Waals surface area contributed by atoms with Crippen LogP contribution in [-0.4, -0.2) is 88.7 Å². The first-order valence-corrected chi connectivity index (χ1v) is 17.5. The molecule has 1 fully saturated rings. The summed E-state index contributed by atoms with van der Waals surface area (Å²) in [4.78, 5) is 42.6. The summed E-state index contributed by atoms with van der Waals surface area (Å²) in [5, 5.41) is 7.00. The average molecular weight is 679 g/mol. The van der Waals surface area contributed by atoms with Crippen LogP contribution in [0.25, 0.3) is 22.3 Å². The van der Waals surface area contributed by atoms with E-state index in [1.165, 1.54) is 16.5 Å². The second-order valence-electron chi connectivity index (χ2n) is 12.2. The van der Waals surface area contributed by atoms with E-state index in [4.69, 9.17) is 0 Å². The number of anilines is 2. The summed E-state index contributed by atoms with van der Waals surface area (Å²) < 4.78 is 27.6. The van der Waals surface area contributed by atoms with E-state index in [0.717, 1.165) is 24.1 Å². The second-order valence-corrected chi connectivity index (χ2v) is 14.0. The van der Waals surface area contributed by atoms with Crippen molar-refractivity contribution in [2.75, 3.05) is 39.0 Å². The zero-order valence-electron chi connectivity index (χ0n) is 27.4. The van der Waals surface area contributed by atoms with E-state index in [2.05, 4.69) is 25.6 Å². The van der Waals surface area contributed by atoms with Crippen molar-refractivity contribution in [3.8, 4) is 11.3 Å². The van der Waals surface area contributed by atoms with Crippen molar-refractivity contribution >= 4 is 44.4 Å². The van der Waals surface area contributed by atoms with E-state index in [1.807, 2.05) is 60.3 Å². The number of nitrogens with one attached hydrogen (secondary N) is 2. The van der Waals surface area contributed by atoms with Gasteiger partial charge in [0, 0.05) is 66.8 Å². The van der Waals surface area contributed by atoms with Crippen molar-refractivity contribution in [2.45, 2.75) is 30.2 Å². The maximum atomic E-state index is 13.2. The summed E-state index contributed by atoms with van der Waals surface area (Å²) in [5.74, 6) is 0.500. The SMILES string of the molecule is CN(C)C/C=C/C(=O)NC1CCN(C(=O)Cc2cccc(Nc3cc(-c4cnc5c(ccn5S(=O)(=O)c5ccccc5)c4)ncn3)c2)CC1. The first kappa shape index (κ1) is 33.5. The van der Waals surface area contributed by atoms with Crippen molar-refractivity contribution < 1.29 is 18.0 Å². The van der Waals surface area contributed by atoms with Crippen LogP contribution in [0.5, 0.6) is 0 Å². The third-order valence-electron chi connectivity index (χ3n) is 8.24. The average Bonchev–Trinajstić information content (AvgIpc) is 3.54. The molecule has 0 spiro atoms. The highest BCUT2D eigenvalue weighted by Crippen LogP contribution is 2.27. The summed E-state index contributed by atoms with van der Waals surface area (Å²) in [7, 11) is 0.103. The Hall–Kier alpha value is -5.40. The molecule has 4 heterocycles. The zero-order valence-corrected chi connectivity index (χ0v) is 28.2. The molecule has 1 aliphatic heterocycles. The van der Waals surface area contributed by atoms with Gasteiger partial charge in [0.25, 0.3) is 10.0 Å². The van der Waals surface area contributed by atoms with Gasteiger partial charge >= 0.3 is 0 Å². The van der Waals surface area contributed by atoms with E-state index in [1.54, 1.807) is 54.7 Å². The number of benzene rings is 2. The minimum atomic E-state index is -3.79. The van der Waals surface area contributed by atoms with E-state index in [0.29, 0.717) is 47.7 Å². The molecule has 3 aromatic heterocycles. The summed E-state index contributed by atoms with van der Waals surface area (Å²) in [6.07, 6.45) is 9.66. The van der Waals surface area contributed by atoms with Gasteiger partial charge < -0.3 is 20.4 Å². The first-order chi connectivity index (χ1) is 23.7. The van der Waals surface area contributed by atoms with Crippen molar-refractivity contribution in [1.29, 1.82) is 0 Å². The third kappa shape index (κ3) is 8.19. The maximum Gasteiger partial charge on any atom is 0.269 e. The Morgan fingerprint density at radius 1 is 0.959 bits per heavy atom. The summed E-state index contributed by atoms with van der Waals surface area (Å²) in [6.45, 7) is 1.90. The largest absolute Gasteiger partial charge is 0.350 e. The summed E-state index contributed by atoms with van der Waals surface area (Å²) in [6, 6.07) is 21.3. The number of pyridine rings is 1. The lowest BCUT2D eigenvalue weighted by molar-refractivity contribution is -0.131. The Labute approximate surface area is 285 Å². The lowest BCUT2D eigenvalue weighted by Gasteiger charge is -2.32. The van der Waals surface area contributed by atoms with Crippen LogP contribution in [-0.2, 0) is 26.0 Å². The summed E-state index contributed by atoms with van der Waals surface area (Å²) in [5.41, 5.74) is 3.29. The molecule has 2 amide bonds. The predicted molar refractivity (Wildman–Crippen MR) is 189 cm³/mol. The number of nitrogens with zero attached hydrogens (tertiary/aromatic N) is 6. The van der Waals surface area contributed by atoms with Gasteiger partial charge in [-0.25, -0.2) is 27.3 Å². The van der Waals surface area contributed by atoms with Crippen LogP contribution in [0.4, 0.5) is 11.5 Å². The van der Waals surface area contributed by atoms with E-state index >= 15 is 0 Å². The van der Waals surface area contributed by atoms with Gasteiger partial charge in [-0.1, -0.05) is 36.4 Å². The van der Waals surface area contributed by atoms with Crippen LogP contribution in [0, 0.1) is 0 Å². The molecule has 0 aliphatic carbocycles. The molecular formula is C36H38N8O4S. The topological polar surface area (TPSA) is 142 Å². The van der Waals surface area contributed by atoms with Crippen LogP contribution < -0.4 is 10.6 Å². The molecular weight excluding hydrogens is 641 g/mol. The molecule has 252 valence electrons. The molecule has 13 heteroatoms. The smallest absolute Gasteiger partial charge is 0.269 e. The molecule has 2 aromatic carbocycles. The Morgan fingerprint density at radius 2 is 1.76 bits per heavy atom. The van der Waals surface area contributed by atoms with Crippen molar-refractivity contribution in [2.24, 2.45) is 0 Å². The van der Waals surface area contributed by atoms with E-state index in [-0.39, 0.29) is 29.2 Å². The monoisotopic (exact) mass is 678 g/mol. The fraction of sp³-hybridized carbons (Fsp3) is 0.250. The third-order valence-corrected chi connectivity index (χ3v) is 9.93. The van der Waals surface area contributed by atoms with Crippen molar-refractivity contribution in [3.63, 3.8) is 0 Å². The number of carbonyl (C=O) groups is 2. The van der Waals surface area contributed by atoms with Gasteiger partial charge in [0.05, 0.1) is 17.0 Å². The van der Waals surface area contributed by atoms with Gasteiger partial charge in [-0.3, -0.25) is 9.59 Å². The normalized spacial score (nSPS) is 14.1. The minimum absolute atomic E-state index is 0.0467. The van der Waals surface area contributed by atoms with Gasteiger partial charge in [0.15, 0.2) is 5.65 Å². The molecule has 1 saturated heterocycles. The fourth-order valence-electron chi connectivity index (χ4n) is 5.71. The highest BCUT2D eigenvalue weighted by Gasteiger charge is 2.24. The molecule has 5 aromatic rings. The number of rotatable bonds is 11. The molecule has 0 radical (unpaired) electrons. The number of likely N-dealkylation sites (tertiary alicyclic amines) is 1. The van der Waals surface area contributed by atoms with Gasteiger partial charge in [-0.2, -0.15) is 0 Å². The predicted octanol–water partition coefficient (Wildman–Crippen LogP) is 4.24. The Kier molecular flexibility index (Phi) is 10.1. The van der Waals surface area contributed by atoms with Crippen molar-refractivity contribution in [3.05, 3.63) is 109 Å². The number of likely N-dealkylation sites (N-methyl/N-ethyl adjacent to an activating group) is 1. The van der Waals surface area contributed by atoms with Gasteiger partial charge in [-0.05, 0) is 68.9 Å². The number of amides is 2. The van der Waals surface area contributed by atoms with E-state index < -0.39 is 10.0 Å². The molecule has 1 aliphatic rings. The van der Waals surface area contributed by atoms with Crippen LogP contribution in [0.1, 0.15) is 18.4 Å². The molecule has 0 saturated carbocycles. The summed E-state index contributed by atoms with van der Waals surface area (Å²) >= 11 is 0. The minimum Gasteiger partial charge on any atom is -0.350 e. The molecule has 12 nitrogen and oxygen atoms in total. The van der Waals surface area contributed by atoms with Gasteiger partial charge in [0.2, 0.25) is 11.8 Å². The molecule has 0 atom stereocenters. The number of hydrogen-bond acceptors (Lipinski definition) is 9. The van der Waals surface area contributed by atoms with Gasteiger partial charge in [-0.15, -0.1) is 0 Å². The second kappa shape index (κ2) is 14.8. The molecule has 49 heavy (non-hydrogen) atoms. The number of hydrogen-bond donors (Lipinski definition) is 2. The standard InChI is InChI=1S/C36H38N8O4S/c1-42(2)16-7-12-34(45)41-29-14-17-43(18-15-29)35(46)21-26-8-6-9-30(20-26)40-33-23-32(38-25-39-33)28-22-27-13-19-44(36(27)37-24-28)49(47,48)31-10-4-3-5-11-31/h3-13,19-20,22-25,29H,14-18,21H2,1-2H3,(H,41,45)(H,38,39,40)/b12-7+. The quantitative estimate of drug-likeness (QED) is 0.196. The van der Waals surface area contributed by atoms with Gasteiger partial charge in [0.1, 0.15) is 12.1 Å². The van der Waals surface area contributed by atoms with Crippen molar-refractivity contribution in [1.82, 2.24) is 34.0 Å². The molecule has 0 bridgehead atoms. The lowest BCUT2D eigenvalue weighted by Crippen LogP contribution is -2.46. The molecule has 2 N–H and O–H groups in total. The van der Waals surface area contributed by atoms with E-state index in [9.17, 15) is 18.0 Å². The fourth-order valence-corrected chi connectivity index (χ4v) is 7.04. The van der Waals surface area contributed by atoms with Crippen LogP contribution >= 0.6 is 0 Å². The van der Waals surface area contributed by atoms with Crippen LogP contribution in [0.15, 0.2) is 109 Å². The first-order valence-electron chi connectivity index (χ1n) is 16.0. The maximum absolute atomic E-state index is 13.2.